The molecule has 0 aliphatic carbocycles. The third-order valence-electron chi connectivity index (χ3n) is 3.26. The summed E-state index contributed by atoms with van der Waals surface area (Å²) < 4.78 is 23.2. The summed E-state index contributed by atoms with van der Waals surface area (Å²) in [4.78, 5) is 13.7. The van der Waals surface area contributed by atoms with Gasteiger partial charge in [0.25, 0.3) is 0 Å². The molecule has 1 aromatic rings. The molecule has 104 valence electrons. The Kier molecular flexibility index (Phi) is 4.16. The van der Waals surface area contributed by atoms with Crippen molar-refractivity contribution in [1.82, 2.24) is 0 Å². The van der Waals surface area contributed by atoms with Gasteiger partial charge in [0.1, 0.15) is 0 Å². The molecule has 0 bridgehead atoms. The van der Waals surface area contributed by atoms with Crippen molar-refractivity contribution in [3.05, 3.63) is 29.3 Å². The number of para-hydroxylation sites is 1. The lowest BCUT2D eigenvalue weighted by molar-refractivity contribution is -0.118. The van der Waals surface area contributed by atoms with Crippen LogP contribution >= 0.6 is 11.6 Å². The molecule has 1 aromatic carbocycles. The molecule has 4 nitrogen and oxygen atoms in total. The molecule has 19 heavy (non-hydrogen) atoms. The van der Waals surface area contributed by atoms with Crippen LogP contribution in [0.1, 0.15) is 19.8 Å². The molecular formula is C13H16ClNO3S. The van der Waals surface area contributed by atoms with E-state index in [1.54, 1.807) is 36.1 Å². The van der Waals surface area contributed by atoms with E-state index in [2.05, 4.69) is 0 Å². The smallest absolute Gasteiger partial charge is 0.227 e. The zero-order valence-electron chi connectivity index (χ0n) is 10.7. The fraction of sp³-hybridized carbons (Fsp3) is 0.462. The second kappa shape index (κ2) is 5.51. The Bertz CT molecular complexity index is 585. The summed E-state index contributed by atoms with van der Waals surface area (Å²) in [7, 11) is -3.04. The maximum atomic E-state index is 12.1. The van der Waals surface area contributed by atoms with Crippen LogP contribution in [-0.4, -0.2) is 31.9 Å². The van der Waals surface area contributed by atoms with E-state index in [1.165, 1.54) is 0 Å². The first-order valence-corrected chi connectivity index (χ1v) is 8.41. The molecular weight excluding hydrogens is 286 g/mol. The highest BCUT2D eigenvalue weighted by Crippen LogP contribution is 2.31. The summed E-state index contributed by atoms with van der Waals surface area (Å²) >= 11 is 6.13. The summed E-state index contributed by atoms with van der Waals surface area (Å²) in [6, 6.07) is 6.72. The monoisotopic (exact) mass is 301 g/mol. The fourth-order valence-electron chi connectivity index (χ4n) is 2.33. The van der Waals surface area contributed by atoms with Gasteiger partial charge < -0.3 is 4.90 Å². The van der Waals surface area contributed by atoms with Gasteiger partial charge in [-0.05, 0) is 18.6 Å². The van der Waals surface area contributed by atoms with E-state index in [0.29, 0.717) is 23.6 Å². The number of benzene rings is 1. The molecule has 0 N–H and O–H groups in total. The Balaban J connectivity index is 2.38. The van der Waals surface area contributed by atoms with Gasteiger partial charge in [-0.3, -0.25) is 4.79 Å². The molecule has 0 spiro atoms. The fourth-order valence-corrected chi connectivity index (χ4v) is 4.26. The van der Waals surface area contributed by atoms with Gasteiger partial charge in [-0.25, -0.2) is 8.42 Å². The summed E-state index contributed by atoms with van der Waals surface area (Å²) in [6.07, 6.45) is 0.793. The lowest BCUT2D eigenvalue weighted by atomic mass is 10.1. The van der Waals surface area contributed by atoms with Crippen molar-refractivity contribution in [3.63, 3.8) is 0 Å². The Hall–Kier alpha value is -1.07. The number of anilines is 1. The van der Waals surface area contributed by atoms with Gasteiger partial charge in [0.05, 0.1) is 28.3 Å². The van der Waals surface area contributed by atoms with Gasteiger partial charge in [-0.15, -0.1) is 0 Å². The highest BCUT2D eigenvalue weighted by atomic mass is 35.5. The van der Waals surface area contributed by atoms with Gasteiger partial charge in [0, 0.05) is 6.42 Å². The lowest BCUT2D eigenvalue weighted by Crippen LogP contribution is -2.41. The number of hydrogen-bond donors (Lipinski definition) is 0. The number of carbonyl (C=O) groups excluding carboxylic acids is 1. The first-order chi connectivity index (χ1) is 8.94. The minimum Gasteiger partial charge on any atom is -0.307 e. The molecule has 1 atom stereocenters. The summed E-state index contributed by atoms with van der Waals surface area (Å²) in [5.74, 6) is 0.0507. The van der Waals surface area contributed by atoms with E-state index in [0.717, 1.165) is 0 Å². The van der Waals surface area contributed by atoms with Crippen molar-refractivity contribution in [3.8, 4) is 0 Å². The molecule has 0 saturated carbocycles. The number of amides is 1. The van der Waals surface area contributed by atoms with Crippen molar-refractivity contribution >= 4 is 33.0 Å². The van der Waals surface area contributed by atoms with Crippen molar-refractivity contribution in [1.29, 1.82) is 0 Å². The molecule has 6 heteroatoms. The Labute approximate surface area is 118 Å². The zero-order chi connectivity index (χ0) is 14.0. The highest BCUT2D eigenvalue weighted by molar-refractivity contribution is 7.91. The van der Waals surface area contributed by atoms with Crippen molar-refractivity contribution in [2.45, 2.75) is 25.8 Å². The maximum absolute atomic E-state index is 12.1. The average Bonchev–Trinajstić information content (AvgIpc) is 2.72. The number of nitrogens with zero attached hydrogens (tertiary/aromatic N) is 1. The van der Waals surface area contributed by atoms with Crippen LogP contribution < -0.4 is 4.90 Å². The summed E-state index contributed by atoms with van der Waals surface area (Å²) in [5, 5.41) is 0.466. The molecule has 1 heterocycles. The SMILES string of the molecule is CCC(=O)N(c1ccccc1Cl)C1CCS(=O)(=O)C1. The predicted octanol–water partition coefficient (Wildman–Crippen LogP) is 2.27. The van der Waals surface area contributed by atoms with Gasteiger partial charge in [0.15, 0.2) is 9.84 Å². The largest absolute Gasteiger partial charge is 0.307 e. The molecule has 1 amide bonds. The van der Waals surface area contributed by atoms with Crippen LogP contribution in [0.4, 0.5) is 5.69 Å². The van der Waals surface area contributed by atoms with Crippen LogP contribution in [0.5, 0.6) is 0 Å². The van der Waals surface area contributed by atoms with Crippen LogP contribution in [0.25, 0.3) is 0 Å². The number of halogens is 1. The third-order valence-corrected chi connectivity index (χ3v) is 5.33. The van der Waals surface area contributed by atoms with Gasteiger partial charge >= 0.3 is 0 Å². The molecule has 0 aromatic heterocycles. The van der Waals surface area contributed by atoms with E-state index in [4.69, 9.17) is 11.6 Å². The molecule has 1 saturated heterocycles. The molecule has 2 rings (SSSR count). The first kappa shape index (κ1) is 14.3. The van der Waals surface area contributed by atoms with Crippen molar-refractivity contribution in [2.24, 2.45) is 0 Å². The van der Waals surface area contributed by atoms with Crippen LogP contribution in [0.2, 0.25) is 5.02 Å². The topological polar surface area (TPSA) is 54.5 Å². The van der Waals surface area contributed by atoms with E-state index in [1.807, 2.05) is 0 Å². The van der Waals surface area contributed by atoms with Crippen LogP contribution in [-0.2, 0) is 14.6 Å². The molecule has 1 aliphatic rings. The summed E-state index contributed by atoms with van der Waals surface area (Å²) in [5.41, 5.74) is 0.595. The minimum atomic E-state index is -3.04. The quantitative estimate of drug-likeness (QED) is 0.860. The molecule has 1 fully saturated rings. The predicted molar refractivity (Wildman–Crippen MR) is 76.3 cm³/mol. The van der Waals surface area contributed by atoms with E-state index in [9.17, 15) is 13.2 Å². The molecule has 1 aliphatic heterocycles. The Morgan fingerprint density at radius 3 is 2.63 bits per heavy atom. The number of hydrogen-bond acceptors (Lipinski definition) is 3. The van der Waals surface area contributed by atoms with Gasteiger partial charge in [-0.2, -0.15) is 0 Å². The first-order valence-electron chi connectivity index (χ1n) is 6.21. The maximum Gasteiger partial charge on any atom is 0.227 e. The summed E-state index contributed by atoms with van der Waals surface area (Å²) in [6.45, 7) is 1.76. The van der Waals surface area contributed by atoms with E-state index < -0.39 is 9.84 Å². The van der Waals surface area contributed by atoms with Crippen molar-refractivity contribution in [2.75, 3.05) is 16.4 Å². The number of sulfone groups is 1. The normalized spacial score (nSPS) is 21.3. The lowest BCUT2D eigenvalue weighted by Gasteiger charge is -2.28. The van der Waals surface area contributed by atoms with Crippen LogP contribution in [0, 0.1) is 0 Å². The second-order valence-electron chi connectivity index (χ2n) is 4.63. The number of rotatable bonds is 3. The minimum absolute atomic E-state index is 0.0178. The Morgan fingerprint density at radius 1 is 1.42 bits per heavy atom. The van der Waals surface area contributed by atoms with Crippen molar-refractivity contribution < 1.29 is 13.2 Å². The molecule has 1 unspecified atom stereocenters. The number of carbonyl (C=O) groups is 1. The molecule has 0 radical (unpaired) electrons. The zero-order valence-corrected chi connectivity index (χ0v) is 12.2. The van der Waals surface area contributed by atoms with E-state index >= 15 is 0 Å². The van der Waals surface area contributed by atoms with E-state index in [-0.39, 0.29) is 23.5 Å². The standard InChI is InChI=1S/C13H16ClNO3S/c1-2-13(16)15(10-7-8-19(17,18)9-10)12-6-4-3-5-11(12)14/h3-6,10H,2,7-9H2,1H3. The Morgan fingerprint density at radius 2 is 2.11 bits per heavy atom. The second-order valence-corrected chi connectivity index (χ2v) is 7.26. The third kappa shape index (κ3) is 3.09. The van der Waals surface area contributed by atoms with Crippen LogP contribution in [0.3, 0.4) is 0 Å². The van der Waals surface area contributed by atoms with Crippen LogP contribution in [0.15, 0.2) is 24.3 Å². The highest BCUT2D eigenvalue weighted by Gasteiger charge is 2.35. The van der Waals surface area contributed by atoms with Gasteiger partial charge in [0.2, 0.25) is 5.91 Å². The van der Waals surface area contributed by atoms with Gasteiger partial charge in [-0.1, -0.05) is 30.7 Å². The average molecular weight is 302 g/mol.